The second kappa shape index (κ2) is 5.71. The number of benzene rings is 1. The molecule has 0 spiro atoms. The van der Waals surface area contributed by atoms with Crippen molar-refractivity contribution >= 4 is 23.0 Å². The van der Waals surface area contributed by atoms with Crippen molar-refractivity contribution in [2.45, 2.75) is 27.2 Å². The molecule has 0 saturated heterocycles. The minimum Gasteiger partial charge on any atom is -0.362 e. The predicted molar refractivity (Wildman–Crippen MR) is 70.4 cm³/mol. The number of anilines is 1. The topological polar surface area (TPSA) is 24.1 Å². The molecule has 0 aromatic heterocycles. The maximum absolute atomic E-state index is 5.17. The summed E-state index contributed by atoms with van der Waals surface area (Å²) in [6.45, 7) is 7.20. The molecule has 1 rings (SSSR count). The van der Waals surface area contributed by atoms with Crippen LogP contribution in [-0.4, -0.2) is 11.7 Å². The lowest BCUT2D eigenvalue weighted by molar-refractivity contribution is 0.846. The van der Waals surface area contributed by atoms with Gasteiger partial charge in [-0.1, -0.05) is 13.0 Å². The van der Waals surface area contributed by atoms with Crippen molar-refractivity contribution in [1.82, 2.24) is 5.32 Å². The Morgan fingerprint density at radius 1 is 1.20 bits per heavy atom. The Hall–Kier alpha value is -1.09. The summed E-state index contributed by atoms with van der Waals surface area (Å²) in [7, 11) is 0. The first-order valence-corrected chi connectivity index (χ1v) is 5.66. The van der Waals surface area contributed by atoms with Crippen molar-refractivity contribution in [3.63, 3.8) is 0 Å². The largest absolute Gasteiger partial charge is 0.362 e. The van der Waals surface area contributed by atoms with Gasteiger partial charge in [-0.25, -0.2) is 0 Å². The van der Waals surface area contributed by atoms with Gasteiger partial charge in [-0.3, -0.25) is 0 Å². The van der Waals surface area contributed by atoms with Crippen molar-refractivity contribution in [2.24, 2.45) is 0 Å². The molecule has 82 valence electrons. The van der Waals surface area contributed by atoms with E-state index in [1.807, 2.05) is 0 Å². The van der Waals surface area contributed by atoms with E-state index in [2.05, 4.69) is 49.6 Å². The van der Waals surface area contributed by atoms with E-state index in [4.69, 9.17) is 12.2 Å². The van der Waals surface area contributed by atoms with Crippen LogP contribution in [0.3, 0.4) is 0 Å². The number of rotatable bonds is 3. The number of nitrogens with one attached hydrogen (secondary N) is 2. The molecule has 0 atom stereocenters. The quantitative estimate of drug-likeness (QED) is 0.769. The van der Waals surface area contributed by atoms with Crippen LogP contribution >= 0.6 is 12.2 Å². The Morgan fingerprint density at radius 3 is 2.33 bits per heavy atom. The maximum atomic E-state index is 5.17. The van der Waals surface area contributed by atoms with Crippen LogP contribution in [0, 0.1) is 13.8 Å². The number of thiocarbonyl (C=S) groups is 1. The summed E-state index contributed by atoms with van der Waals surface area (Å²) in [5.41, 5.74) is 3.55. The lowest BCUT2D eigenvalue weighted by atomic mass is 10.1. The standard InChI is InChI=1S/C12H18N2S/c1-4-5-13-12(15)14-11-7-9(2)6-10(3)8-11/h6-8H,4-5H2,1-3H3,(H2,13,14,15). The molecule has 15 heavy (non-hydrogen) atoms. The third-order valence-corrected chi connectivity index (χ3v) is 2.26. The third-order valence-electron chi connectivity index (χ3n) is 2.02. The SMILES string of the molecule is CCCNC(=S)Nc1cc(C)cc(C)c1. The molecular weight excluding hydrogens is 204 g/mol. The Kier molecular flexibility index (Phi) is 4.56. The first-order valence-electron chi connectivity index (χ1n) is 5.25. The van der Waals surface area contributed by atoms with Crippen molar-refractivity contribution in [3.8, 4) is 0 Å². The van der Waals surface area contributed by atoms with Gasteiger partial charge in [-0.15, -0.1) is 0 Å². The molecule has 0 amide bonds. The lowest BCUT2D eigenvalue weighted by Crippen LogP contribution is -2.28. The summed E-state index contributed by atoms with van der Waals surface area (Å²) in [6.07, 6.45) is 1.08. The van der Waals surface area contributed by atoms with Crippen LogP contribution in [-0.2, 0) is 0 Å². The molecule has 0 aliphatic heterocycles. The van der Waals surface area contributed by atoms with Crippen LogP contribution in [0.25, 0.3) is 0 Å². The highest BCUT2D eigenvalue weighted by Crippen LogP contribution is 2.13. The zero-order chi connectivity index (χ0) is 11.3. The second-order valence-electron chi connectivity index (χ2n) is 3.76. The molecule has 0 aliphatic rings. The van der Waals surface area contributed by atoms with Gasteiger partial charge in [-0.05, 0) is 55.7 Å². The third kappa shape index (κ3) is 4.30. The molecular formula is C12H18N2S. The van der Waals surface area contributed by atoms with Crippen molar-refractivity contribution in [1.29, 1.82) is 0 Å². The summed E-state index contributed by atoms with van der Waals surface area (Å²) < 4.78 is 0. The molecule has 0 bridgehead atoms. The highest BCUT2D eigenvalue weighted by Gasteiger charge is 1.98. The van der Waals surface area contributed by atoms with E-state index in [1.54, 1.807) is 0 Å². The Bertz CT molecular complexity index is 327. The first kappa shape index (κ1) is 12.0. The highest BCUT2D eigenvalue weighted by molar-refractivity contribution is 7.80. The summed E-state index contributed by atoms with van der Waals surface area (Å²) in [5, 5.41) is 7.01. The number of aryl methyl sites for hydroxylation is 2. The Morgan fingerprint density at radius 2 is 1.80 bits per heavy atom. The molecule has 0 radical (unpaired) electrons. The van der Waals surface area contributed by atoms with Crippen molar-refractivity contribution < 1.29 is 0 Å². The van der Waals surface area contributed by atoms with Gasteiger partial charge in [0.25, 0.3) is 0 Å². The number of hydrogen-bond donors (Lipinski definition) is 2. The van der Waals surface area contributed by atoms with E-state index in [9.17, 15) is 0 Å². The summed E-state index contributed by atoms with van der Waals surface area (Å²) in [6, 6.07) is 6.33. The molecule has 0 unspecified atom stereocenters. The number of hydrogen-bond acceptors (Lipinski definition) is 1. The molecule has 0 heterocycles. The minimum absolute atomic E-state index is 0.696. The molecule has 0 fully saturated rings. The van der Waals surface area contributed by atoms with Crippen LogP contribution in [0.1, 0.15) is 24.5 Å². The zero-order valence-corrected chi connectivity index (χ0v) is 10.4. The summed E-state index contributed by atoms with van der Waals surface area (Å²) >= 11 is 5.17. The van der Waals surface area contributed by atoms with Gasteiger partial charge < -0.3 is 10.6 Å². The van der Waals surface area contributed by atoms with Crippen molar-refractivity contribution in [2.75, 3.05) is 11.9 Å². The Balaban J connectivity index is 2.60. The van der Waals surface area contributed by atoms with E-state index in [1.165, 1.54) is 11.1 Å². The second-order valence-corrected chi connectivity index (χ2v) is 4.17. The molecule has 2 N–H and O–H groups in total. The van der Waals surface area contributed by atoms with E-state index in [0.29, 0.717) is 5.11 Å². The van der Waals surface area contributed by atoms with Crippen LogP contribution in [0.5, 0.6) is 0 Å². The van der Waals surface area contributed by atoms with E-state index >= 15 is 0 Å². The van der Waals surface area contributed by atoms with Gasteiger partial charge in [0.15, 0.2) is 5.11 Å². The van der Waals surface area contributed by atoms with E-state index < -0.39 is 0 Å². The molecule has 1 aromatic carbocycles. The van der Waals surface area contributed by atoms with E-state index in [-0.39, 0.29) is 0 Å². The highest BCUT2D eigenvalue weighted by atomic mass is 32.1. The maximum Gasteiger partial charge on any atom is 0.170 e. The minimum atomic E-state index is 0.696. The zero-order valence-electron chi connectivity index (χ0n) is 9.55. The molecule has 0 aliphatic carbocycles. The lowest BCUT2D eigenvalue weighted by Gasteiger charge is -2.10. The fourth-order valence-corrected chi connectivity index (χ4v) is 1.68. The predicted octanol–water partition coefficient (Wildman–Crippen LogP) is 3.00. The van der Waals surface area contributed by atoms with Gasteiger partial charge in [0.1, 0.15) is 0 Å². The molecule has 0 saturated carbocycles. The van der Waals surface area contributed by atoms with Crippen LogP contribution in [0.4, 0.5) is 5.69 Å². The molecule has 3 heteroatoms. The summed E-state index contributed by atoms with van der Waals surface area (Å²) in [5.74, 6) is 0. The fourth-order valence-electron chi connectivity index (χ4n) is 1.46. The van der Waals surface area contributed by atoms with Crippen LogP contribution in [0.15, 0.2) is 18.2 Å². The average Bonchev–Trinajstić information content (AvgIpc) is 2.13. The monoisotopic (exact) mass is 222 g/mol. The van der Waals surface area contributed by atoms with Gasteiger partial charge in [-0.2, -0.15) is 0 Å². The van der Waals surface area contributed by atoms with Gasteiger partial charge in [0, 0.05) is 12.2 Å². The average molecular weight is 222 g/mol. The van der Waals surface area contributed by atoms with Gasteiger partial charge in [0.05, 0.1) is 0 Å². The van der Waals surface area contributed by atoms with Gasteiger partial charge in [0.2, 0.25) is 0 Å². The fraction of sp³-hybridized carbons (Fsp3) is 0.417. The van der Waals surface area contributed by atoms with Crippen LogP contribution in [0.2, 0.25) is 0 Å². The van der Waals surface area contributed by atoms with Crippen LogP contribution < -0.4 is 10.6 Å². The molecule has 1 aromatic rings. The van der Waals surface area contributed by atoms with Gasteiger partial charge >= 0.3 is 0 Å². The van der Waals surface area contributed by atoms with Crippen molar-refractivity contribution in [3.05, 3.63) is 29.3 Å². The molecule has 2 nitrogen and oxygen atoms in total. The first-order chi connectivity index (χ1) is 7.11. The van der Waals surface area contributed by atoms with E-state index in [0.717, 1.165) is 18.7 Å². The normalized spacial score (nSPS) is 9.80. The smallest absolute Gasteiger partial charge is 0.170 e. The Labute approximate surface area is 97.1 Å². The summed E-state index contributed by atoms with van der Waals surface area (Å²) in [4.78, 5) is 0.